The zero-order valence-corrected chi connectivity index (χ0v) is 11.1. The second kappa shape index (κ2) is 5.04. The second-order valence-corrected chi connectivity index (χ2v) is 4.63. The van der Waals surface area contributed by atoms with E-state index in [1.807, 2.05) is 5.32 Å². The van der Waals surface area contributed by atoms with Crippen LogP contribution in [0.5, 0.6) is 0 Å². The first kappa shape index (κ1) is 14.8. The highest BCUT2D eigenvalue weighted by molar-refractivity contribution is 6.21. The van der Waals surface area contributed by atoms with Crippen LogP contribution >= 0.6 is 0 Å². The Labute approximate surface area is 118 Å². The Morgan fingerprint density at radius 3 is 2.57 bits per heavy atom. The third kappa shape index (κ3) is 2.93. The van der Waals surface area contributed by atoms with Gasteiger partial charge < -0.3 is 19.9 Å². The van der Waals surface area contributed by atoms with Crippen molar-refractivity contribution >= 4 is 17.6 Å². The van der Waals surface area contributed by atoms with Crippen molar-refractivity contribution in [3.63, 3.8) is 0 Å². The van der Waals surface area contributed by atoms with Gasteiger partial charge in [-0.15, -0.1) is 0 Å². The maximum absolute atomic E-state index is 13.4. The SMILES string of the molecule is CC1(C)OC(=O)C(C(=O)Nc2cccc(F)c2F)=C(O)O1. The molecule has 1 aliphatic rings. The Morgan fingerprint density at radius 1 is 1.29 bits per heavy atom. The van der Waals surface area contributed by atoms with Gasteiger partial charge in [-0.05, 0) is 12.1 Å². The maximum atomic E-state index is 13.4. The van der Waals surface area contributed by atoms with E-state index in [1.165, 1.54) is 19.9 Å². The predicted octanol–water partition coefficient (Wildman–Crippen LogP) is 1.98. The largest absolute Gasteiger partial charge is 0.480 e. The first-order valence-electron chi connectivity index (χ1n) is 5.82. The van der Waals surface area contributed by atoms with Gasteiger partial charge in [0, 0.05) is 13.8 Å². The highest BCUT2D eigenvalue weighted by Crippen LogP contribution is 2.26. The van der Waals surface area contributed by atoms with Crippen molar-refractivity contribution in [3.05, 3.63) is 41.4 Å². The van der Waals surface area contributed by atoms with Crippen LogP contribution in [0.15, 0.2) is 29.7 Å². The number of anilines is 1. The molecule has 0 spiro atoms. The van der Waals surface area contributed by atoms with Crippen molar-refractivity contribution in [2.75, 3.05) is 5.32 Å². The molecule has 0 saturated carbocycles. The molecule has 0 unspecified atom stereocenters. The predicted molar refractivity (Wildman–Crippen MR) is 65.9 cm³/mol. The summed E-state index contributed by atoms with van der Waals surface area (Å²) >= 11 is 0. The van der Waals surface area contributed by atoms with E-state index < -0.39 is 46.5 Å². The number of carbonyl (C=O) groups excluding carboxylic acids is 2. The molecule has 1 amide bonds. The molecule has 0 bridgehead atoms. The van der Waals surface area contributed by atoms with Gasteiger partial charge in [0.25, 0.3) is 11.7 Å². The van der Waals surface area contributed by atoms with Gasteiger partial charge in [-0.2, -0.15) is 0 Å². The van der Waals surface area contributed by atoms with Crippen LogP contribution in [-0.4, -0.2) is 22.8 Å². The zero-order valence-electron chi connectivity index (χ0n) is 11.1. The normalized spacial score (nSPS) is 17.0. The lowest BCUT2D eigenvalue weighted by Gasteiger charge is -2.30. The molecule has 0 atom stereocenters. The fourth-order valence-electron chi connectivity index (χ4n) is 1.64. The molecule has 0 radical (unpaired) electrons. The molecule has 0 saturated heterocycles. The van der Waals surface area contributed by atoms with Gasteiger partial charge in [-0.25, -0.2) is 13.6 Å². The number of hydrogen-bond donors (Lipinski definition) is 2. The van der Waals surface area contributed by atoms with Gasteiger partial charge in [-0.1, -0.05) is 6.07 Å². The fraction of sp³-hybridized carbons (Fsp3) is 0.231. The number of esters is 1. The van der Waals surface area contributed by atoms with Crippen LogP contribution in [0.2, 0.25) is 0 Å². The summed E-state index contributed by atoms with van der Waals surface area (Å²) in [4.78, 5) is 23.5. The molecule has 0 aliphatic carbocycles. The van der Waals surface area contributed by atoms with Gasteiger partial charge in [0.05, 0.1) is 5.69 Å². The molecule has 2 N–H and O–H groups in total. The quantitative estimate of drug-likeness (QED) is 0.644. The number of aliphatic hydroxyl groups is 1. The van der Waals surface area contributed by atoms with Crippen molar-refractivity contribution < 1.29 is 33.0 Å². The molecule has 6 nitrogen and oxygen atoms in total. The van der Waals surface area contributed by atoms with E-state index in [-0.39, 0.29) is 0 Å². The number of rotatable bonds is 2. The summed E-state index contributed by atoms with van der Waals surface area (Å²) in [5.41, 5.74) is -1.32. The van der Waals surface area contributed by atoms with Crippen LogP contribution in [0, 0.1) is 11.6 Å². The van der Waals surface area contributed by atoms with Gasteiger partial charge in [0.1, 0.15) is 0 Å². The van der Waals surface area contributed by atoms with Gasteiger partial charge in [0.15, 0.2) is 11.6 Å². The van der Waals surface area contributed by atoms with Crippen molar-refractivity contribution in [1.29, 1.82) is 0 Å². The molecule has 1 aromatic carbocycles. The molecule has 112 valence electrons. The third-order valence-electron chi connectivity index (χ3n) is 2.53. The first-order valence-corrected chi connectivity index (χ1v) is 5.82. The minimum atomic E-state index is -1.44. The summed E-state index contributed by atoms with van der Waals surface area (Å²) in [6, 6.07) is 3.12. The average Bonchev–Trinajstić information content (AvgIpc) is 2.32. The Kier molecular flexibility index (Phi) is 3.54. The van der Waals surface area contributed by atoms with Crippen LogP contribution in [0.25, 0.3) is 0 Å². The van der Waals surface area contributed by atoms with Gasteiger partial charge in [0.2, 0.25) is 5.57 Å². The summed E-state index contributed by atoms with van der Waals surface area (Å²) in [7, 11) is 0. The average molecular weight is 299 g/mol. The second-order valence-electron chi connectivity index (χ2n) is 4.63. The Balaban J connectivity index is 2.28. The molecule has 1 aliphatic heterocycles. The lowest BCUT2D eigenvalue weighted by atomic mass is 10.2. The summed E-state index contributed by atoms with van der Waals surface area (Å²) in [5.74, 6) is -7.18. The van der Waals surface area contributed by atoms with Crippen molar-refractivity contribution in [3.8, 4) is 0 Å². The zero-order chi connectivity index (χ0) is 15.8. The topological polar surface area (TPSA) is 84.9 Å². The number of ether oxygens (including phenoxy) is 2. The number of aliphatic hydroxyl groups excluding tert-OH is 1. The van der Waals surface area contributed by atoms with E-state index in [2.05, 4.69) is 0 Å². The maximum Gasteiger partial charge on any atom is 0.354 e. The summed E-state index contributed by atoms with van der Waals surface area (Å²) in [5, 5.41) is 11.5. The Bertz CT molecular complexity index is 654. The molecule has 21 heavy (non-hydrogen) atoms. The van der Waals surface area contributed by atoms with E-state index in [0.717, 1.165) is 12.1 Å². The third-order valence-corrected chi connectivity index (χ3v) is 2.53. The van der Waals surface area contributed by atoms with Gasteiger partial charge in [-0.3, -0.25) is 4.79 Å². The number of amides is 1. The minimum Gasteiger partial charge on any atom is -0.480 e. The van der Waals surface area contributed by atoms with Crippen LogP contribution in [0.1, 0.15) is 13.8 Å². The first-order chi connectivity index (χ1) is 9.71. The summed E-state index contributed by atoms with van der Waals surface area (Å²) < 4.78 is 36.0. The molecule has 1 heterocycles. The fourth-order valence-corrected chi connectivity index (χ4v) is 1.64. The van der Waals surface area contributed by atoms with E-state index in [0.29, 0.717) is 0 Å². The molecule has 8 heteroatoms. The lowest BCUT2D eigenvalue weighted by molar-refractivity contribution is -0.221. The molecule has 0 aromatic heterocycles. The minimum absolute atomic E-state index is 0.488. The van der Waals surface area contributed by atoms with E-state index in [4.69, 9.17) is 9.47 Å². The summed E-state index contributed by atoms with van der Waals surface area (Å²) in [6.07, 6.45) is 0. The van der Waals surface area contributed by atoms with Crippen molar-refractivity contribution in [1.82, 2.24) is 0 Å². The lowest BCUT2D eigenvalue weighted by Crippen LogP contribution is -2.40. The van der Waals surface area contributed by atoms with E-state index in [1.54, 1.807) is 0 Å². The molecular formula is C13H11F2NO5. The van der Waals surface area contributed by atoms with E-state index >= 15 is 0 Å². The van der Waals surface area contributed by atoms with Crippen LogP contribution in [0.3, 0.4) is 0 Å². The highest BCUT2D eigenvalue weighted by Gasteiger charge is 2.39. The van der Waals surface area contributed by atoms with Crippen molar-refractivity contribution in [2.45, 2.75) is 19.6 Å². The van der Waals surface area contributed by atoms with E-state index in [9.17, 15) is 23.5 Å². The number of halogens is 2. The Morgan fingerprint density at radius 2 is 1.95 bits per heavy atom. The standard InChI is InChI=1S/C13H11F2NO5/c1-13(2)20-11(18)8(12(19)21-13)10(17)16-7-5-3-4-6(14)9(7)15/h3-5,18H,1-2H3,(H,16,17). The van der Waals surface area contributed by atoms with Crippen LogP contribution in [0.4, 0.5) is 14.5 Å². The molecule has 1 aromatic rings. The summed E-state index contributed by atoms with van der Waals surface area (Å²) in [6.45, 7) is 2.70. The molecular weight excluding hydrogens is 288 g/mol. The molecule has 0 fully saturated rings. The Hall–Kier alpha value is -2.64. The number of benzene rings is 1. The van der Waals surface area contributed by atoms with Crippen molar-refractivity contribution in [2.24, 2.45) is 0 Å². The van der Waals surface area contributed by atoms with Crippen LogP contribution < -0.4 is 5.32 Å². The monoisotopic (exact) mass is 299 g/mol. The smallest absolute Gasteiger partial charge is 0.354 e. The van der Waals surface area contributed by atoms with Crippen LogP contribution in [-0.2, 0) is 19.1 Å². The highest BCUT2D eigenvalue weighted by atomic mass is 19.2. The van der Waals surface area contributed by atoms with Gasteiger partial charge >= 0.3 is 11.9 Å². The number of nitrogens with one attached hydrogen (secondary N) is 1. The molecule has 2 rings (SSSR count). The number of carbonyl (C=O) groups is 2. The number of hydrogen-bond acceptors (Lipinski definition) is 5. The number of cyclic esters (lactones) is 1.